The number of hydrogen-bond donors (Lipinski definition) is 3. The van der Waals surface area contributed by atoms with Gasteiger partial charge >= 0.3 is 0 Å². The Bertz CT molecular complexity index is 1310. The van der Waals surface area contributed by atoms with Crippen LogP contribution in [-0.2, 0) is 9.59 Å². The lowest BCUT2D eigenvalue weighted by atomic mass is 9.68. The summed E-state index contributed by atoms with van der Waals surface area (Å²) in [6.07, 6.45) is 7.29. The lowest BCUT2D eigenvalue weighted by molar-refractivity contribution is -0.143. The lowest BCUT2D eigenvalue weighted by Crippen LogP contribution is -2.42. The van der Waals surface area contributed by atoms with E-state index in [1.165, 1.54) is 4.90 Å². The Kier molecular flexibility index (Phi) is 8.93. The molecular formula is C33H38BrNO5. The van der Waals surface area contributed by atoms with Crippen molar-refractivity contribution in [2.45, 2.75) is 70.4 Å². The first-order valence-corrected chi connectivity index (χ1v) is 15.2. The summed E-state index contributed by atoms with van der Waals surface area (Å²) in [6.45, 7) is 1.64. The van der Waals surface area contributed by atoms with Gasteiger partial charge in [-0.15, -0.1) is 0 Å². The van der Waals surface area contributed by atoms with Gasteiger partial charge in [0.1, 0.15) is 5.75 Å². The molecule has 1 aliphatic heterocycles. The fourth-order valence-electron chi connectivity index (χ4n) is 7.07. The van der Waals surface area contributed by atoms with Crippen LogP contribution in [0.3, 0.4) is 0 Å². The number of carbonyl (C=O) groups is 2. The number of carbonyl (C=O) groups excluding carboxylic acids is 2. The first kappa shape index (κ1) is 28.8. The van der Waals surface area contributed by atoms with Crippen LogP contribution in [0, 0.1) is 17.8 Å². The van der Waals surface area contributed by atoms with Gasteiger partial charge in [-0.2, -0.15) is 0 Å². The van der Waals surface area contributed by atoms with E-state index < -0.39 is 23.9 Å². The van der Waals surface area contributed by atoms with E-state index in [0.29, 0.717) is 30.4 Å². The summed E-state index contributed by atoms with van der Waals surface area (Å²) in [7, 11) is 0. The number of amides is 2. The number of halogens is 1. The van der Waals surface area contributed by atoms with E-state index in [1.54, 1.807) is 12.1 Å². The van der Waals surface area contributed by atoms with Gasteiger partial charge in [0, 0.05) is 22.0 Å². The van der Waals surface area contributed by atoms with E-state index in [0.717, 1.165) is 53.3 Å². The minimum atomic E-state index is -0.868. The molecule has 0 aromatic heterocycles. The zero-order chi connectivity index (χ0) is 28.4. The molecule has 2 aliphatic carbocycles. The number of allylic oxidation sites excluding steroid dienone is 2. The van der Waals surface area contributed by atoms with Gasteiger partial charge in [0.15, 0.2) is 0 Å². The maximum absolute atomic E-state index is 13.7. The number of benzene rings is 2. The van der Waals surface area contributed by atoms with Gasteiger partial charge in [-0.25, -0.2) is 0 Å². The molecule has 4 atom stereocenters. The average molecular weight is 609 g/mol. The van der Waals surface area contributed by atoms with Crippen molar-refractivity contribution in [1.29, 1.82) is 0 Å². The molecule has 1 saturated heterocycles. The second-order valence-electron chi connectivity index (χ2n) is 11.5. The molecule has 0 radical (unpaired) electrons. The van der Waals surface area contributed by atoms with E-state index in [2.05, 4.69) is 15.9 Å². The van der Waals surface area contributed by atoms with Crippen LogP contribution in [0.15, 0.2) is 64.1 Å². The summed E-state index contributed by atoms with van der Waals surface area (Å²) in [6, 6.07) is 15.1. The van der Waals surface area contributed by atoms with Gasteiger partial charge in [-0.1, -0.05) is 71.1 Å². The summed E-state index contributed by atoms with van der Waals surface area (Å²) in [5, 5.41) is 32.5. The van der Waals surface area contributed by atoms with Crippen LogP contribution in [0.25, 0.3) is 11.6 Å². The number of rotatable bonds is 8. The standard InChI is InChI=1S/C33H38BrNO5/c1-20-16-26-31(33(40)35(32(26)39)25-10-6-3-7-11-25)27(19-36)30(20)29(38)14-12-22(21-8-4-2-5-9-21)17-23-18-24(34)13-15-28(23)37/h2,4-5,8-9,13,15,17-18,25-27,29,31,36-38H,3,6-7,10-12,14,16,19H2,1H3/b22-17-/t26-,27+,29-,31-/m1/s1. The minimum absolute atomic E-state index is 0.0413. The second-order valence-corrected chi connectivity index (χ2v) is 12.4. The van der Waals surface area contributed by atoms with E-state index in [9.17, 15) is 24.9 Å². The number of fused-ring (bicyclic) bond motifs is 1. The first-order valence-electron chi connectivity index (χ1n) is 14.4. The van der Waals surface area contributed by atoms with Crippen LogP contribution in [0.4, 0.5) is 0 Å². The smallest absolute Gasteiger partial charge is 0.234 e. The molecule has 0 bridgehead atoms. The summed E-state index contributed by atoms with van der Waals surface area (Å²) >= 11 is 3.47. The monoisotopic (exact) mass is 607 g/mol. The van der Waals surface area contributed by atoms with Gasteiger partial charge in [0.2, 0.25) is 11.8 Å². The lowest BCUT2D eigenvalue weighted by Gasteiger charge is -2.35. The molecule has 2 fully saturated rings. The molecule has 5 rings (SSSR count). The molecule has 2 aromatic carbocycles. The third-order valence-corrected chi connectivity index (χ3v) is 9.50. The number of imide groups is 1. The van der Waals surface area contributed by atoms with Crippen molar-refractivity contribution in [3.05, 3.63) is 75.3 Å². The van der Waals surface area contributed by atoms with E-state index >= 15 is 0 Å². The fourth-order valence-corrected chi connectivity index (χ4v) is 7.45. The highest BCUT2D eigenvalue weighted by Gasteiger charge is 2.55. The Morgan fingerprint density at radius 1 is 1.07 bits per heavy atom. The molecule has 7 heteroatoms. The van der Waals surface area contributed by atoms with Crippen LogP contribution in [0.1, 0.15) is 69.4 Å². The number of hydrogen-bond acceptors (Lipinski definition) is 5. The molecule has 3 N–H and O–H groups in total. The van der Waals surface area contributed by atoms with Crippen molar-refractivity contribution in [3.63, 3.8) is 0 Å². The average Bonchev–Trinajstić information content (AvgIpc) is 3.21. The summed E-state index contributed by atoms with van der Waals surface area (Å²) in [5.41, 5.74) is 4.21. The maximum Gasteiger partial charge on any atom is 0.234 e. The van der Waals surface area contributed by atoms with Gasteiger partial charge in [0.05, 0.1) is 24.5 Å². The first-order chi connectivity index (χ1) is 19.3. The van der Waals surface area contributed by atoms with Crippen LogP contribution in [0.5, 0.6) is 5.75 Å². The molecule has 2 aromatic rings. The van der Waals surface area contributed by atoms with Crippen LogP contribution < -0.4 is 0 Å². The van der Waals surface area contributed by atoms with Crippen molar-refractivity contribution in [2.75, 3.05) is 6.61 Å². The summed E-state index contributed by atoms with van der Waals surface area (Å²) in [5.74, 6) is -1.75. The maximum atomic E-state index is 13.7. The molecule has 3 aliphatic rings. The molecule has 0 unspecified atom stereocenters. The van der Waals surface area contributed by atoms with Crippen LogP contribution in [-0.4, -0.2) is 50.8 Å². The normalized spacial score (nSPS) is 24.9. The van der Waals surface area contributed by atoms with Gasteiger partial charge in [-0.05, 0) is 80.0 Å². The highest BCUT2D eigenvalue weighted by Crippen LogP contribution is 2.47. The Balaban J connectivity index is 1.39. The minimum Gasteiger partial charge on any atom is -0.507 e. The summed E-state index contributed by atoms with van der Waals surface area (Å²) < 4.78 is 0.852. The molecule has 6 nitrogen and oxygen atoms in total. The van der Waals surface area contributed by atoms with E-state index in [4.69, 9.17) is 0 Å². The predicted molar refractivity (Wildman–Crippen MR) is 159 cm³/mol. The SMILES string of the molecule is CC1=C([C@H](O)CC/C(=C/c2cc(Br)ccc2O)c2ccccc2)[C@H](CO)[C@@H]2C(=O)N(C3CCCCC3)C(=O)[C@@H]2C1. The van der Waals surface area contributed by atoms with Crippen molar-refractivity contribution in [1.82, 2.24) is 4.90 Å². The van der Waals surface area contributed by atoms with Crippen molar-refractivity contribution in [3.8, 4) is 5.75 Å². The zero-order valence-corrected chi connectivity index (χ0v) is 24.5. The zero-order valence-electron chi connectivity index (χ0n) is 22.9. The Morgan fingerprint density at radius 2 is 1.80 bits per heavy atom. The van der Waals surface area contributed by atoms with Crippen molar-refractivity contribution in [2.24, 2.45) is 17.8 Å². The Morgan fingerprint density at radius 3 is 2.50 bits per heavy atom. The molecule has 212 valence electrons. The van der Waals surface area contributed by atoms with Crippen LogP contribution in [0.2, 0.25) is 0 Å². The number of aliphatic hydroxyl groups excluding tert-OH is 2. The van der Waals surface area contributed by atoms with Crippen molar-refractivity contribution >= 4 is 39.4 Å². The van der Waals surface area contributed by atoms with Gasteiger partial charge in [0.25, 0.3) is 0 Å². The summed E-state index contributed by atoms with van der Waals surface area (Å²) in [4.78, 5) is 28.6. The van der Waals surface area contributed by atoms with E-state index in [1.807, 2.05) is 49.4 Å². The number of aliphatic hydroxyl groups is 2. The predicted octanol–water partition coefficient (Wildman–Crippen LogP) is 6.10. The number of phenolic OH excluding ortho intramolecular Hbond substituents is 1. The molecule has 40 heavy (non-hydrogen) atoms. The Hall–Kier alpha value is -2.74. The van der Waals surface area contributed by atoms with E-state index in [-0.39, 0.29) is 30.2 Å². The Labute approximate surface area is 244 Å². The molecule has 2 amide bonds. The number of nitrogens with zero attached hydrogens (tertiary/aromatic N) is 1. The van der Waals surface area contributed by atoms with Crippen molar-refractivity contribution < 1.29 is 24.9 Å². The molecule has 1 saturated carbocycles. The molecule has 0 spiro atoms. The number of aromatic hydroxyl groups is 1. The van der Waals surface area contributed by atoms with Crippen LogP contribution >= 0.6 is 15.9 Å². The second kappa shape index (κ2) is 12.4. The van der Waals surface area contributed by atoms with Gasteiger partial charge in [-0.3, -0.25) is 14.5 Å². The number of likely N-dealkylation sites (tertiary alicyclic amines) is 1. The third-order valence-electron chi connectivity index (χ3n) is 9.01. The third kappa shape index (κ3) is 5.69. The molecular weight excluding hydrogens is 570 g/mol. The largest absolute Gasteiger partial charge is 0.507 e. The fraction of sp³-hybridized carbons (Fsp3) is 0.455. The topological polar surface area (TPSA) is 98.1 Å². The number of phenols is 1. The molecule has 1 heterocycles. The highest BCUT2D eigenvalue weighted by atomic mass is 79.9. The quantitative estimate of drug-likeness (QED) is 0.191. The van der Waals surface area contributed by atoms with Gasteiger partial charge < -0.3 is 15.3 Å². The highest BCUT2D eigenvalue weighted by molar-refractivity contribution is 9.10.